The van der Waals surface area contributed by atoms with E-state index >= 15 is 0 Å². The number of aliphatic hydroxyl groups excluding tert-OH is 1. The maximum absolute atomic E-state index is 10.5. The number of pyridine rings is 1. The number of nitrogens with one attached hydrogen (secondary N) is 1. The smallest absolute Gasteiger partial charge is 0.134 e. The van der Waals surface area contributed by atoms with E-state index in [0.29, 0.717) is 23.9 Å². The summed E-state index contributed by atoms with van der Waals surface area (Å²) in [4.78, 5) is 8.86. The van der Waals surface area contributed by atoms with Gasteiger partial charge in [0.2, 0.25) is 0 Å². The molecule has 8 heteroatoms. The Morgan fingerprint density at radius 3 is 3.00 bits per heavy atom. The molecular weight excluding hydrogens is 480 g/mol. The van der Waals surface area contributed by atoms with Crippen LogP contribution in [0.5, 0.6) is 0 Å². The first-order valence-corrected chi connectivity index (χ1v) is 11.1. The zero-order valence-electron chi connectivity index (χ0n) is 16.5. The van der Waals surface area contributed by atoms with Crippen molar-refractivity contribution in [3.05, 3.63) is 87.4 Å². The largest absolute Gasteiger partial charge is 0.389 e. The average molecular weight is 500 g/mol. The Morgan fingerprint density at radius 2 is 2.16 bits per heavy atom. The molecule has 0 bridgehead atoms. The van der Waals surface area contributed by atoms with Crippen LogP contribution in [0.1, 0.15) is 22.8 Å². The van der Waals surface area contributed by atoms with E-state index in [1.165, 1.54) is 0 Å². The number of nitrogens with zero attached hydrogens (tertiary/aromatic N) is 3. The van der Waals surface area contributed by atoms with E-state index in [1.54, 1.807) is 12.5 Å². The highest BCUT2D eigenvalue weighted by Gasteiger charge is 2.29. The molecular formula is C23H20BrClN4O2. The quantitative estimate of drug-likeness (QED) is 0.407. The van der Waals surface area contributed by atoms with Gasteiger partial charge in [0.25, 0.3) is 0 Å². The van der Waals surface area contributed by atoms with E-state index in [9.17, 15) is 5.11 Å². The third kappa shape index (κ3) is 4.06. The molecule has 1 aliphatic heterocycles. The lowest BCUT2D eigenvalue weighted by atomic mass is 9.97. The normalized spacial score (nSPS) is 16.3. The maximum atomic E-state index is 10.5. The predicted octanol–water partition coefficient (Wildman–Crippen LogP) is 4.94. The molecule has 158 valence electrons. The van der Waals surface area contributed by atoms with Crippen molar-refractivity contribution in [1.29, 1.82) is 0 Å². The van der Waals surface area contributed by atoms with Gasteiger partial charge in [-0.25, -0.2) is 9.97 Å². The molecule has 0 fully saturated rings. The van der Waals surface area contributed by atoms with Crippen LogP contribution in [0.4, 0.5) is 5.82 Å². The van der Waals surface area contributed by atoms with Crippen LogP contribution in [0.25, 0.3) is 10.9 Å². The molecule has 5 rings (SSSR count). The van der Waals surface area contributed by atoms with Crippen LogP contribution in [0, 0.1) is 0 Å². The van der Waals surface area contributed by atoms with E-state index < -0.39 is 12.2 Å². The molecule has 3 heterocycles. The Hall–Kier alpha value is -2.45. The van der Waals surface area contributed by atoms with Crippen LogP contribution in [0.3, 0.4) is 0 Å². The first kappa shape index (κ1) is 20.5. The highest BCUT2D eigenvalue weighted by atomic mass is 79.9. The maximum Gasteiger partial charge on any atom is 0.134 e. The molecule has 2 aromatic carbocycles. The number of benzene rings is 2. The summed E-state index contributed by atoms with van der Waals surface area (Å²) in [5.41, 5.74) is 3.71. The third-order valence-electron chi connectivity index (χ3n) is 5.40. The van der Waals surface area contributed by atoms with Gasteiger partial charge >= 0.3 is 0 Å². The fourth-order valence-electron chi connectivity index (χ4n) is 3.94. The van der Waals surface area contributed by atoms with Crippen molar-refractivity contribution in [2.75, 3.05) is 11.9 Å². The van der Waals surface area contributed by atoms with Gasteiger partial charge in [-0.1, -0.05) is 57.9 Å². The number of imidazole rings is 1. The monoisotopic (exact) mass is 498 g/mol. The van der Waals surface area contributed by atoms with Crippen LogP contribution in [0.15, 0.2) is 65.7 Å². The molecule has 2 N–H and O–H groups in total. The fraction of sp³-hybridized carbons (Fsp3) is 0.217. The number of hydrogen-bond donors (Lipinski definition) is 2. The average Bonchev–Trinajstić information content (AvgIpc) is 3.21. The molecule has 0 spiro atoms. The second-order valence-electron chi connectivity index (χ2n) is 7.53. The topological polar surface area (TPSA) is 72.2 Å². The SMILES string of the molecule is OC(COC1c2ccccc2CNc2nc3cc(Br)ccc3c(Cl)c21)Cn1ccnc1. The van der Waals surface area contributed by atoms with E-state index in [-0.39, 0.29) is 6.61 Å². The Bertz CT molecular complexity index is 1230. The predicted molar refractivity (Wildman–Crippen MR) is 124 cm³/mol. The first-order chi connectivity index (χ1) is 15.1. The lowest BCUT2D eigenvalue weighted by Gasteiger charge is -2.23. The molecule has 1 aliphatic rings. The van der Waals surface area contributed by atoms with Gasteiger partial charge in [-0.15, -0.1) is 0 Å². The van der Waals surface area contributed by atoms with E-state index in [1.807, 2.05) is 47.2 Å². The molecule has 6 nitrogen and oxygen atoms in total. The van der Waals surface area contributed by atoms with Crippen LogP contribution in [0.2, 0.25) is 5.02 Å². The lowest BCUT2D eigenvalue weighted by molar-refractivity contribution is -0.000395. The number of anilines is 1. The second kappa shape index (κ2) is 8.59. The molecule has 0 radical (unpaired) electrons. The summed E-state index contributed by atoms with van der Waals surface area (Å²) < 4.78 is 9.09. The molecule has 0 saturated heterocycles. The Kier molecular flexibility index (Phi) is 5.67. The second-order valence-corrected chi connectivity index (χ2v) is 8.82. The van der Waals surface area contributed by atoms with Gasteiger partial charge in [0.05, 0.1) is 36.1 Å². The van der Waals surface area contributed by atoms with E-state index in [2.05, 4.69) is 32.3 Å². The molecule has 0 aliphatic carbocycles. The van der Waals surface area contributed by atoms with Crippen molar-refractivity contribution in [2.45, 2.75) is 25.3 Å². The molecule has 4 aromatic rings. The van der Waals surface area contributed by atoms with Gasteiger partial charge in [-0.3, -0.25) is 0 Å². The number of hydrogen-bond acceptors (Lipinski definition) is 5. The summed E-state index contributed by atoms with van der Waals surface area (Å²) in [5, 5.41) is 15.4. The Morgan fingerprint density at radius 1 is 1.29 bits per heavy atom. The van der Waals surface area contributed by atoms with Crippen molar-refractivity contribution >= 4 is 44.3 Å². The zero-order chi connectivity index (χ0) is 21.4. The molecule has 2 unspecified atom stereocenters. The van der Waals surface area contributed by atoms with Crippen molar-refractivity contribution in [2.24, 2.45) is 0 Å². The number of aromatic nitrogens is 3. The zero-order valence-corrected chi connectivity index (χ0v) is 18.8. The van der Waals surface area contributed by atoms with E-state index in [0.717, 1.165) is 32.1 Å². The van der Waals surface area contributed by atoms with E-state index in [4.69, 9.17) is 21.3 Å². The van der Waals surface area contributed by atoms with Gasteiger partial charge in [0.1, 0.15) is 11.9 Å². The molecule has 0 amide bonds. The Balaban J connectivity index is 1.55. The standard InChI is InChI=1S/C23H20BrClN4O2/c24-15-5-6-18-19(9-15)28-23-20(21(18)25)22(17-4-2-1-3-14(17)10-27-23)31-12-16(30)11-29-8-7-26-13-29/h1-9,13,16,22,30H,10-12H2,(H,27,28). The van der Waals surface area contributed by atoms with Gasteiger partial charge in [-0.2, -0.15) is 0 Å². The summed E-state index contributed by atoms with van der Waals surface area (Å²) in [6.07, 6.45) is 4.03. The number of aliphatic hydroxyl groups is 1. The van der Waals surface area contributed by atoms with Crippen molar-refractivity contribution in [3.8, 4) is 0 Å². The summed E-state index contributed by atoms with van der Waals surface area (Å²) in [7, 11) is 0. The number of ether oxygens (including phenoxy) is 1. The van der Waals surface area contributed by atoms with Crippen molar-refractivity contribution in [3.63, 3.8) is 0 Å². The molecule has 31 heavy (non-hydrogen) atoms. The van der Waals surface area contributed by atoms with Crippen LogP contribution < -0.4 is 5.32 Å². The lowest BCUT2D eigenvalue weighted by Crippen LogP contribution is -2.23. The first-order valence-electron chi connectivity index (χ1n) is 9.96. The minimum absolute atomic E-state index is 0.144. The summed E-state index contributed by atoms with van der Waals surface area (Å²) in [5.74, 6) is 0.695. The fourth-order valence-corrected chi connectivity index (χ4v) is 4.64. The Labute approximate surface area is 193 Å². The summed E-state index contributed by atoms with van der Waals surface area (Å²) >= 11 is 10.4. The van der Waals surface area contributed by atoms with Gasteiger partial charge in [0.15, 0.2) is 0 Å². The van der Waals surface area contributed by atoms with Crippen LogP contribution in [-0.2, 0) is 17.8 Å². The number of rotatable bonds is 5. The van der Waals surface area contributed by atoms with Crippen molar-refractivity contribution < 1.29 is 9.84 Å². The molecule has 2 atom stereocenters. The van der Waals surface area contributed by atoms with Crippen LogP contribution >= 0.6 is 27.5 Å². The van der Waals surface area contributed by atoms with Gasteiger partial charge < -0.3 is 19.7 Å². The van der Waals surface area contributed by atoms with Gasteiger partial charge in [0, 0.05) is 34.4 Å². The van der Waals surface area contributed by atoms with Crippen molar-refractivity contribution in [1.82, 2.24) is 14.5 Å². The third-order valence-corrected chi connectivity index (χ3v) is 6.30. The number of fused-ring (bicyclic) bond motifs is 3. The van der Waals surface area contributed by atoms with Gasteiger partial charge in [-0.05, 0) is 23.3 Å². The van der Waals surface area contributed by atoms with Crippen LogP contribution in [-0.4, -0.2) is 32.4 Å². The molecule has 0 saturated carbocycles. The minimum atomic E-state index is -0.691. The highest BCUT2D eigenvalue weighted by molar-refractivity contribution is 9.10. The number of halogens is 2. The summed E-state index contributed by atoms with van der Waals surface area (Å²) in [6.45, 7) is 1.16. The molecule has 2 aromatic heterocycles. The minimum Gasteiger partial charge on any atom is -0.389 e. The summed E-state index contributed by atoms with van der Waals surface area (Å²) in [6, 6.07) is 14.0. The highest BCUT2D eigenvalue weighted by Crippen LogP contribution is 2.43.